The molecule has 3 rings (SSSR count). The number of fused-ring (bicyclic) bond motifs is 1. The molecule has 152 valence electrons. The predicted octanol–water partition coefficient (Wildman–Crippen LogP) is 2.64. The van der Waals surface area contributed by atoms with E-state index < -0.39 is 17.3 Å². The molecule has 1 heterocycles. The summed E-state index contributed by atoms with van der Waals surface area (Å²) in [7, 11) is 0. The summed E-state index contributed by atoms with van der Waals surface area (Å²) in [5.74, 6) is 0.383. The van der Waals surface area contributed by atoms with Crippen LogP contribution in [0.1, 0.15) is 33.2 Å². The van der Waals surface area contributed by atoms with Crippen molar-refractivity contribution in [1.82, 2.24) is 14.5 Å². The lowest BCUT2D eigenvalue weighted by Crippen LogP contribution is -2.43. The minimum absolute atomic E-state index is 0.268. The van der Waals surface area contributed by atoms with Crippen molar-refractivity contribution in [2.75, 3.05) is 13.2 Å². The Balaban J connectivity index is 2.23. The van der Waals surface area contributed by atoms with Crippen LogP contribution in [0.4, 0.5) is 0 Å². The van der Waals surface area contributed by atoms with Crippen molar-refractivity contribution in [1.29, 1.82) is 0 Å². The molecule has 0 unspecified atom stereocenters. The number of nitrogens with one attached hydrogen (secondary N) is 1. The molecular formula is C22H25N3O4. The first-order valence-electron chi connectivity index (χ1n) is 9.76. The number of carbonyl (C=O) groups is 1. The highest BCUT2D eigenvalue weighted by molar-refractivity contribution is 5.84. The van der Waals surface area contributed by atoms with Gasteiger partial charge >= 0.3 is 5.69 Å². The zero-order chi connectivity index (χ0) is 21.0. The lowest BCUT2D eigenvalue weighted by molar-refractivity contribution is -0.123. The summed E-state index contributed by atoms with van der Waals surface area (Å²) >= 11 is 0. The van der Waals surface area contributed by atoms with E-state index in [9.17, 15) is 14.4 Å². The molecule has 3 aromatic rings. The smallest absolute Gasteiger partial charge is 0.336 e. The molecule has 0 aliphatic rings. The van der Waals surface area contributed by atoms with Gasteiger partial charge in [0.05, 0.1) is 23.2 Å². The van der Waals surface area contributed by atoms with Gasteiger partial charge in [0, 0.05) is 6.54 Å². The normalized spacial score (nSPS) is 12.0. The summed E-state index contributed by atoms with van der Waals surface area (Å²) in [6.07, 6.45) is 0.791. The molecule has 0 aliphatic carbocycles. The van der Waals surface area contributed by atoms with Crippen LogP contribution in [0.25, 0.3) is 16.6 Å². The van der Waals surface area contributed by atoms with Crippen LogP contribution in [-0.4, -0.2) is 28.2 Å². The van der Waals surface area contributed by atoms with Crippen molar-refractivity contribution < 1.29 is 9.53 Å². The molecule has 1 atom stereocenters. The third-order valence-electron chi connectivity index (χ3n) is 4.72. The lowest BCUT2D eigenvalue weighted by atomic mass is 10.2. The van der Waals surface area contributed by atoms with Crippen LogP contribution in [0.2, 0.25) is 0 Å². The Labute approximate surface area is 168 Å². The Morgan fingerprint density at radius 1 is 1.07 bits per heavy atom. The van der Waals surface area contributed by atoms with E-state index in [0.717, 1.165) is 11.0 Å². The SMILES string of the molecule is CCCNC(=O)[C@@H](C)n1c(=O)n(-c2ccc(OCC)cc2)c(=O)c2ccccc21. The largest absolute Gasteiger partial charge is 0.494 e. The van der Waals surface area contributed by atoms with Gasteiger partial charge < -0.3 is 10.1 Å². The molecule has 7 nitrogen and oxygen atoms in total. The van der Waals surface area contributed by atoms with E-state index in [4.69, 9.17) is 4.74 Å². The van der Waals surface area contributed by atoms with E-state index >= 15 is 0 Å². The van der Waals surface area contributed by atoms with Gasteiger partial charge in [0.2, 0.25) is 5.91 Å². The number of rotatable bonds is 7. The van der Waals surface area contributed by atoms with Crippen LogP contribution in [0.5, 0.6) is 5.75 Å². The van der Waals surface area contributed by atoms with Crippen molar-refractivity contribution in [2.24, 2.45) is 0 Å². The Kier molecular flexibility index (Phi) is 6.16. The minimum atomic E-state index is -0.770. The quantitative estimate of drug-likeness (QED) is 0.667. The van der Waals surface area contributed by atoms with Gasteiger partial charge in [-0.3, -0.25) is 14.2 Å². The first kappa shape index (κ1) is 20.4. The summed E-state index contributed by atoms with van der Waals surface area (Å²) in [5, 5.41) is 3.19. The van der Waals surface area contributed by atoms with Crippen molar-refractivity contribution in [3.8, 4) is 11.4 Å². The number of hydrogen-bond donors (Lipinski definition) is 1. The minimum Gasteiger partial charge on any atom is -0.494 e. The second kappa shape index (κ2) is 8.77. The van der Waals surface area contributed by atoms with Crippen LogP contribution in [0, 0.1) is 0 Å². The maximum absolute atomic E-state index is 13.3. The number of carbonyl (C=O) groups excluding carboxylic acids is 1. The molecule has 0 aliphatic heterocycles. The zero-order valence-electron chi connectivity index (χ0n) is 16.8. The summed E-state index contributed by atoms with van der Waals surface area (Å²) in [6, 6.07) is 12.8. The Hall–Kier alpha value is -3.35. The molecule has 0 saturated carbocycles. The van der Waals surface area contributed by atoms with Crippen molar-refractivity contribution in [2.45, 2.75) is 33.2 Å². The molecule has 1 amide bonds. The number of benzene rings is 2. The molecule has 0 saturated heterocycles. The third-order valence-corrected chi connectivity index (χ3v) is 4.72. The monoisotopic (exact) mass is 395 g/mol. The molecule has 29 heavy (non-hydrogen) atoms. The molecule has 0 spiro atoms. The molecule has 1 N–H and O–H groups in total. The van der Waals surface area contributed by atoms with Crippen LogP contribution < -0.4 is 21.3 Å². The highest BCUT2D eigenvalue weighted by Crippen LogP contribution is 2.17. The van der Waals surface area contributed by atoms with Crippen molar-refractivity contribution in [3.05, 3.63) is 69.4 Å². The summed E-state index contributed by atoms with van der Waals surface area (Å²) in [4.78, 5) is 39.0. The molecular weight excluding hydrogens is 370 g/mol. The fraction of sp³-hybridized carbons (Fsp3) is 0.318. The summed E-state index contributed by atoms with van der Waals surface area (Å²) in [6.45, 7) is 6.54. The van der Waals surface area contributed by atoms with E-state index in [1.165, 1.54) is 4.57 Å². The number of aromatic nitrogens is 2. The van der Waals surface area contributed by atoms with Gasteiger partial charge in [0.15, 0.2) is 0 Å². The van der Waals surface area contributed by atoms with Crippen LogP contribution in [0.15, 0.2) is 58.1 Å². The summed E-state index contributed by atoms with van der Waals surface area (Å²) in [5.41, 5.74) is -0.128. The Morgan fingerprint density at radius 2 is 1.76 bits per heavy atom. The second-order valence-corrected chi connectivity index (χ2v) is 6.70. The van der Waals surface area contributed by atoms with Gasteiger partial charge in [-0.1, -0.05) is 19.1 Å². The van der Waals surface area contributed by atoms with Gasteiger partial charge in [-0.15, -0.1) is 0 Å². The van der Waals surface area contributed by atoms with Crippen LogP contribution >= 0.6 is 0 Å². The molecule has 7 heteroatoms. The van der Waals surface area contributed by atoms with Gasteiger partial charge in [0.25, 0.3) is 5.56 Å². The van der Waals surface area contributed by atoms with E-state index in [-0.39, 0.29) is 5.91 Å². The molecule has 0 radical (unpaired) electrons. The predicted molar refractivity (Wildman–Crippen MR) is 113 cm³/mol. The number of nitrogens with zero attached hydrogens (tertiary/aromatic N) is 2. The van der Waals surface area contributed by atoms with E-state index in [1.54, 1.807) is 55.5 Å². The average Bonchev–Trinajstić information content (AvgIpc) is 2.73. The Bertz CT molecular complexity index is 1130. The first-order valence-corrected chi connectivity index (χ1v) is 9.76. The fourth-order valence-corrected chi connectivity index (χ4v) is 3.26. The third kappa shape index (κ3) is 3.94. The molecule has 1 aromatic heterocycles. The maximum atomic E-state index is 13.3. The molecule has 0 bridgehead atoms. The van der Waals surface area contributed by atoms with Crippen molar-refractivity contribution >= 4 is 16.8 Å². The highest BCUT2D eigenvalue weighted by Gasteiger charge is 2.22. The van der Waals surface area contributed by atoms with Gasteiger partial charge in [-0.25, -0.2) is 9.36 Å². The number of ether oxygens (including phenoxy) is 1. The summed E-state index contributed by atoms with van der Waals surface area (Å²) < 4.78 is 7.91. The topological polar surface area (TPSA) is 82.3 Å². The Morgan fingerprint density at radius 3 is 2.41 bits per heavy atom. The number of amides is 1. The van der Waals surface area contributed by atoms with E-state index in [0.29, 0.717) is 35.5 Å². The van der Waals surface area contributed by atoms with E-state index in [2.05, 4.69) is 5.32 Å². The lowest BCUT2D eigenvalue weighted by Gasteiger charge is -2.19. The average molecular weight is 395 g/mol. The number of para-hydroxylation sites is 1. The first-order chi connectivity index (χ1) is 14.0. The molecule has 2 aromatic carbocycles. The van der Waals surface area contributed by atoms with Crippen LogP contribution in [-0.2, 0) is 4.79 Å². The van der Waals surface area contributed by atoms with Gasteiger partial charge in [-0.05, 0) is 56.7 Å². The van der Waals surface area contributed by atoms with Gasteiger partial charge in [-0.2, -0.15) is 0 Å². The fourth-order valence-electron chi connectivity index (χ4n) is 3.26. The molecule has 0 fully saturated rings. The maximum Gasteiger partial charge on any atom is 0.336 e. The number of hydrogen-bond acceptors (Lipinski definition) is 4. The van der Waals surface area contributed by atoms with Crippen molar-refractivity contribution in [3.63, 3.8) is 0 Å². The second-order valence-electron chi connectivity index (χ2n) is 6.70. The van der Waals surface area contributed by atoms with Gasteiger partial charge in [0.1, 0.15) is 11.8 Å². The highest BCUT2D eigenvalue weighted by atomic mass is 16.5. The zero-order valence-corrected chi connectivity index (χ0v) is 16.8. The standard InChI is InChI=1S/C22H25N3O4/c1-4-14-23-20(26)15(3)24-19-9-7-6-8-18(19)21(27)25(22(24)28)16-10-12-17(13-11-16)29-5-2/h6-13,15H,4-5,14H2,1-3H3,(H,23,26)/t15-/m1/s1. The van der Waals surface area contributed by atoms with Crippen LogP contribution in [0.3, 0.4) is 0 Å². The van der Waals surface area contributed by atoms with E-state index in [1.807, 2.05) is 13.8 Å².